The summed E-state index contributed by atoms with van der Waals surface area (Å²) < 4.78 is 34.1. The molecule has 0 radical (unpaired) electrons. The minimum absolute atomic E-state index is 0.179. The summed E-state index contributed by atoms with van der Waals surface area (Å²) in [5.41, 5.74) is 10.3. The monoisotopic (exact) mass is 546 g/mol. The Balaban J connectivity index is 1.44. The average Bonchev–Trinajstić information content (AvgIpc) is 2.93. The Morgan fingerprint density at radius 2 is 1.82 bits per heavy atom. The molecule has 1 aliphatic rings. The Kier molecular flexibility index (Phi) is 7.67. The Morgan fingerprint density at radius 3 is 2.54 bits per heavy atom. The van der Waals surface area contributed by atoms with Crippen LogP contribution in [0, 0.1) is 6.92 Å². The minimum Gasteiger partial charge on any atom is -0.480 e. The number of sulfonamides is 1. The van der Waals surface area contributed by atoms with Gasteiger partial charge in [0.15, 0.2) is 0 Å². The number of aromatic nitrogens is 3. The van der Waals surface area contributed by atoms with Crippen LogP contribution in [0.1, 0.15) is 43.7 Å². The van der Waals surface area contributed by atoms with E-state index in [1.54, 1.807) is 37.3 Å². The first-order chi connectivity index (χ1) is 18.8. The van der Waals surface area contributed by atoms with Gasteiger partial charge in [0.1, 0.15) is 5.82 Å². The smallest absolute Gasteiger partial charge is 0.263 e. The molecule has 2 heterocycles. The molecule has 0 saturated heterocycles. The van der Waals surface area contributed by atoms with Crippen LogP contribution in [0.25, 0.3) is 22.0 Å². The van der Waals surface area contributed by atoms with Crippen molar-refractivity contribution in [2.24, 2.45) is 5.73 Å². The molecule has 0 atom stereocenters. The molecule has 10 heteroatoms. The molecule has 204 valence electrons. The van der Waals surface area contributed by atoms with Crippen LogP contribution in [0.2, 0.25) is 0 Å². The highest BCUT2D eigenvalue weighted by atomic mass is 32.2. The number of benzene rings is 2. The molecule has 39 heavy (non-hydrogen) atoms. The molecule has 0 spiro atoms. The lowest BCUT2D eigenvalue weighted by molar-refractivity contribution is 0.400. The zero-order chi connectivity index (χ0) is 27.6. The number of nitrogens with zero attached hydrogens (tertiary/aromatic N) is 3. The average molecular weight is 547 g/mol. The zero-order valence-corrected chi connectivity index (χ0v) is 23.3. The van der Waals surface area contributed by atoms with Gasteiger partial charge < -0.3 is 15.8 Å². The quantitative estimate of drug-likeness (QED) is 0.280. The van der Waals surface area contributed by atoms with Crippen LogP contribution in [-0.2, 0) is 16.4 Å². The van der Waals surface area contributed by atoms with Crippen LogP contribution in [0.4, 0.5) is 11.8 Å². The fourth-order valence-electron chi connectivity index (χ4n) is 5.08. The van der Waals surface area contributed by atoms with Crippen LogP contribution in [-0.4, -0.2) is 42.6 Å². The van der Waals surface area contributed by atoms with Gasteiger partial charge in [-0.05, 0) is 86.1 Å². The fourth-order valence-corrected chi connectivity index (χ4v) is 6.33. The summed E-state index contributed by atoms with van der Waals surface area (Å²) >= 11 is 0. The van der Waals surface area contributed by atoms with Crippen LogP contribution >= 0.6 is 0 Å². The Bertz CT molecular complexity index is 1600. The van der Waals surface area contributed by atoms with Crippen molar-refractivity contribution in [1.29, 1.82) is 0 Å². The second-order valence-electron chi connectivity index (χ2n) is 10.0. The summed E-state index contributed by atoms with van der Waals surface area (Å²) in [4.78, 5) is 14.1. The van der Waals surface area contributed by atoms with Gasteiger partial charge in [-0.1, -0.05) is 25.1 Å². The number of fused-ring (bicyclic) bond motifs is 1. The molecular formula is C29H34N6O3S. The minimum atomic E-state index is -3.80. The molecule has 1 saturated carbocycles. The molecule has 2 aromatic heterocycles. The second-order valence-corrected chi connectivity index (χ2v) is 11.7. The summed E-state index contributed by atoms with van der Waals surface area (Å²) in [5.74, 6) is 1.13. The molecule has 4 aromatic rings. The lowest BCUT2D eigenvalue weighted by Gasteiger charge is -2.26. The summed E-state index contributed by atoms with van der Waals surface area (Å²) in [6.45, 7) is 3.85. The number of ether oxygens (including phenoxy) is 1. The number of methoxy groups -OCH3 is 1. The Hall–Kier alpha value is -3.76. The summed E-state index contributed by atoms with van der Waals surface area (Å²) in [7, 11) is -2.28. The van der Waals surface area contributed by atoms with E-state index in [2.05, 4.69) is 33.0 Å². The number of hydrogen-bond acceptors (Lipinski definition) is 8. The largest absolute Gasteiger partial charge is 0.480 e. The molecule has 2 aromatic carbocycles. The first-order valence-corrected chi connectivity index (χ1v) is 14.7. The number of anilines is 2. The highest BCUT2D eigenvalue weighted by Gasteiger charge is 2.21. The summed E-state index contributed by atoms with van der Waals surface area (Å²) in [6.07, 6.45) is 6.68. The normalized spacial score (nSPS) is 17.6. The predicted octanol–water partition coefficient (Wildman–Crippen LogP) is 5.05. The van der Waals surface area contributed by atoms with E-state index in [4.69, 9.17) is 15.5 Å². The van der Waals surface area contributed by atoms with E-state index in [9.17, 15) is 8.42 Å². The number of rotatable bonds is 8. The van der Waals surface area contributed by atoms with Gasteiger partial charge >= 0.3 is 0 Å². The molecule has 5 rings (SSSR count). The standard InChI is InChI=1S/C29H34N6O3S/c1-4-19-15-20(16-21-17-31-29(34-27(19)21)32-23-11-9-22(30)10-12-23)24-13-14-26(33-28(24)38-3)35-39(36,37)25-8-6-5-7-18(25)2/h5-8,13-17,22-23H,4,9-12,30H2,1-3H3,(H,33,35)(H,31,32,34)/t22-,23-. The Morgan fingerprint density at radius 1 is 1.05 bits per heavy atom. The van der Waals surface area contributed by atoms with E-state index in [1.165, 1.54) is 7.11 Å². The molecule has 0 bridgehead atoms. The van der Waals surface area contributed by atoms with Crippen molar-refractivity contribution in [3.8, 4) is 17.0 Å². The third kappa shape index (κ3) is 5.81. The first-order valence-electron chi connectivity index (χ1n) is 13.2. The van der Waals surface area contributed by atoms with Crippen LogP contribution in [0.15, 0.2) is 59.6 Å². The van der Waals surface area contributed by atoms with Gasteiger partial charge in [-0.25, -0.2) is 18.4 Å². The van der Waals surface area contributed by atoms with Gasteiger partial charge in [0, 0.05) is 29.2 Å². The van der Waals surface area contributed by atoms with E-state index < -0.39 is 10.0 Å². The maximum Gasteiger partial charge on any atom is 0.263 e. The maximum atomic E-state index is 13.0. The van der Waals surface area contributed by atoms with Crippen molar-refractivity contribution < 1.29 is 13.2 Å². The number of nitrogens with two attached hydrogens (primary N) is 1. The number of aryl methyl sites for hydroxylation is 2. The van der Waals surface area contributed by atoms with Crippen molar-refractivity contribution in [2.75, 3.05) is 17.1 Å². The third-order valence-corrected chi connectivity index (χ3v) is 8.75. The van der Waals surface area contributed by atoms with Crippen LogP contribution < -0.4 is 20.5 Å². The highest BCUT2D eigenvalue weighted by Crippen LogP contribution is 2.34. The van der Waals surface area contributed by atoms with Gasteiger partial charge in [0.2, 0.25) is 11.8 Å². The second kappa shape index (κ2) is 11.2. The van der Waals surface area contributed by atoms with Gasteiger partial charge in [0.05, 0.1) is 17.5 Å². The molecule has 0 unspecified atom stereocenters. The predicted molar refractivity (Wildman–Crippen MR) is 155 cm³/mol. The zero-order valence-electron chi connectivity index (χ0n) is 22.4. The molecule has 0 amide bonds. The third-order valence-electron chi connectivity index (χ3n) is 7.23. The van der Waals surface area contributed by atoms with Gasteiger partial charge in [-0.2, -0.15) is 4.98 Å². The van der Waals surface area contributed by atoms with E-state index in [1.807, 2.05) is 18.3 Å². The van der Waals surface area contributed by atoms with Crippen molar-refractivity contribution in [3.05, 3.63) is 65.9 Å². The lowest BCUT2D eigenvalue weighted by atomic mass is 9.92. The van der Waals surface area contributed by atoms with E-state index >= 15 is 0 Å². The molecule has 4 N–H and O–H groups in total. The van der Waals surface area contributed by atoms with Crippen molar-refractivity contribution in [3.63, 3.8) is 0 Å². The van der Waals surface area contributed by atoms with Gasteiger partial charge in [-0.15, -0.1) is 0 Å². The van der Waals surface area contributed by atoms with Crippen molar-refractivity contribution >= 4 is 32.7 Å². The first kappa shape index (κ1) is 26.8. The van der Waals surface area contributed by atoms with E-state index in [-0.39, 0.29) is 10.7 Å². The SMILES string of the molecule is CCc1cc(-c2ccc(NS(=O)(=O)c3ccccc3C)nc2OC)cc2cnc(N[C@H]3CC[C@H](N)CC3)nc12. The highest BCUT2D eigenvalue weighted by molar-refractivity contribution is 7.92. The van der Waals surface area contributed by atoms with Gasteiger partial charge in [0.25, 0.3) is 10.0 Å². The van der Waals surface area contributed by atoms with Gasteiger partial charge in [-0.3, -0.25) is 4.72 Å². The number of nitrogens with one attached hydrogen (secondary N) is 2. The summed E-state index contributed by atoms with van der Waals surface area (Å²) in [6, 6.07) is 15.0. The molecule has 9 nitrogen and oxygen atoms in total. The lowest BCUT2D eigenvalue weighted by Crippen LogP contribution is -2.33. The molecule has 1 fully saturated rings. The number of hydrogen-bond donors (Lipinski definition) is 3. The van der Waals surface area contributed by atoms with E-state index in [0.29, 0.717) is 29.5 Å². The van der Waals surface area contributed by atoms with Crippen LogP contribution in [0.3, 0.4) is 0 Å². The summed E-state index contributed by atoms with van der Waals surface area (Å²) in [5, 5.41) is 4.39. The van der Waals surface area contributed by atoms with E-state index in [0.717, 1.165) is 59.7 Å². The molecule has 0 aliphatic heterocycles. The molecular weight excluding hydrogens is 512 g/mol. The maximum absolute atomic E-state index is 13.0. The molecule has 1 aliphatic carbocycles. The fraction of sp³-hybridized carbons (Fsp3) is 0.345. The number of pyridine rings is 1. The van der Waals surface area contributed by atoms with Crippen LogP contribution in [0.5, 0.6) is 5.88 Å². The van der Waals surface area contributed by atoms with Crippen molar-refractivity contribution in [2.45, 2.75) is 62.9 Å². The Labute approximate surface area is 229 Å². The topological polar surface area (TPSA) is 132 Å². The van der Waals surface area contributed by atoms with Crippen molar-refractivity contribution in [1.82, 2.24) is 15.0 Å².